The van der Waals surface area contributed by atoms with Crippen LogP contribution in [0.25, 0.3) is 0 Å². The summed E-state index contributed by atoms with van der Waals surface area (Å²) in [5.74, 6) is 0.162. The Morgan fingerprint density at radius 3 is 2.94 bits per heavy atom. The molecule has 3 nitrogen and oxygen atoms in total. The van der Waals surface area contributed by atoms with Gasteiger partial charge in [-0.15, -0.1) is 0 Å². The van der Waals surface area contributed by atoms with E-state index < -0.39 is 5.67 Å². The molecule has 88 valence electrons. The summed E-state index contributed by atoms with van der Waals surface area (Å²) in [6.07, 6.45) is 1.43. The molecular formula is C12H17FN2O. The van der Waals surface area contributed by atoms with E-state index in [1.54, 1.807) is 18.2 Å². The highest BCUT2D eigenvalue weighted by molar-refractivity contribution is 5.55. The van der Waals surface area contributed by atoms with Gasteiger partial charge in [-0.3, -0.25) is 0 Å². The van der Waals surface area contributed by atoms with E-state index in [1.165, 1.54) is 0 Å². The SMILES string of the molecule is Oc1ccccc1NCC1(F)CCCNC1. The normalized spacial score (nSPS) is 25.3. The molecule has 0 amide bonds. The molecule has 1 aliphatic rings. The molecule has 3 N–H and O–H groups in total. The third-order valence-electron chi connectivity index (χ3n) is 2.92. The number of phenols is 1. The van der Waals surface area contributed by atoms with E-state index in [-0.39, 0.29) is 12.3 Å². The molecule has 0 aromatic heterocycles. The molecular weight excluding hydrogens is 207 g/mol. The lowest BCUT2D eigenvalue weighted by atomic mass is 9.96. The largest absolute Gasteiger partial charge is 0.506 e. The zero-order valence-electron chi connectivity index (χ0n) is 9.17. The van der Waals surface area contributed by atoms with E-state index in [4.69, 9.17) is 0 Å². The van der Waals surface area contributed by atoms with Crippen LogP contribution in [0.3, 0.4) is 0 Å². The summed E-state index contributed by atoms with van der Waals surface area (Å²) in [5.41, 5.74) is -0.620. The van der Waals surface area contributed by atoms with E-state index in [2.05, 4.69) is 10.6 Å². The average molecular weight is 224 g/mol. The quantitative estimate of drug-likeness (QED) is 0.687. The summed E-state index contributed by atoms with van der Waals surface area (Å²) in [5, 5.41) is 15.5. The Labute approximate surface area is 94.7 Å². The third kappa shape index (κ3) is 2.64. The molecule has 2 rings (SSSR count). The minimum Gasteiger partial charge on any atom is -0.506 e. The van der Waals surface area contributed by atoms with Gasteiger partial charge < -0.3 is 15.7 Å². The molecule has 0 saturated carbocycles. The molecule has 0 spiro atoms. The highest BCUT2D eigenvalue weighted by Gasteiger charge is 2.31. The zero-order valence-corrected chi connectivity index (χ0v) is 9.17. The fourth-order valence-corrected chi connectivity index (χ4v) is 1.96. The van der Waals surface area contributed by atoms with Crippen molar-refractivity contribution in [3.05, 3.63) is 24.3 Å². The highest BCUT2D eigenvalue weighted by Crippen LogP contribution is 2.25. The second-order valence-electron chi connectivity index (χ2n) is 4.30. The molecule has 16 heavy (non-hydrogen) atoms. The van der Waals surface area contributed by atoms with Crippen LogP contribution in [0, 0.1) is 0 Å². The number of nitrogens with one attached hydrogen (secondary N) is 2. The Morgan fingerprint density at radius 2 is 2.25 bits per heavy atom. The van der Waals surface area contributed by atoms with Gasteiger partial charge in [0, 0.05) is 6.54 Å². The van der Waals surface area contributed by atoms with E-state index in [0.717, 1.165) is 13.0 Å². The van der Waals surface area contributed by atoms with E-state index in [9.17, 15) is 9.50 Å². The van der Waals surface area contributed by atoms with E-state index >= 15 is 0 Å². The molecule has 4 heteroatoms. The van der Waals surface area contributed by atoms with Gasteiger partial charge in [0.2, 0.25) is 0 Å². The monoisotopic (exact) mass is 224 g/mol. The number of hydrogen-bond donors (Lipinski definition) is 3. The molecule has 1 atom stereocenters. The third-order valence-corrected chi connectivity index (χ3v) is 2.92. The van der Waals surface area contributed by atoms with Gasteiger partial charge in [-0.05, 0) is 31.5 Å². The smallest absolute Gasteiger partial charge is 0.140 e. The van der Waals surface area contributed by atoms with Crippen LogP contribution < -0.4 is 10.6 Å². The van der Waals surface area contributed by atoms with Crippen LogP contribution in [0.1, 0.15) is 12.8 Å². The first-order chi connectivity index (χ1) is 7.70. The highest BCUT2D eigenvalue weighted by atomic mass is 19.1. The average Bonchev–Trinajstić information content (AvgIpc) is 2.29. The summed E-state index contributed by atoms with van der Waals surface area (Å²) in [7, 11) is 0. The molecule has 0 bridgehead atoms. The molecule has 1 aliphatic heterocycles. The Balaban J connectivity index is 1.94. The van der Waals surface area contributed by atoms with Crippen molar-refractivity contribution in [2.24, 2.45) is 0 Å². The van der Waals surface area contributed by atoms with Crippen LogP contribution in [0.5, 0.6) is 5.75 Å². The standard InChI is InChI=1S/C12H17FN2O/c13-12(6-3-7-14-8-12)9-15-10-4-1-2-5-11(10)16/h1-2,4-5,14-16H,3,6-9H2. The van der Waals surface area contributed by atoms with Crippen LogP contribution >= 0.6 is 0 Å². The number of alkyl halides is 1. The number of phenolic OH excluding ortho intramolecular Hbond substituents is 1. The van der Waals surface area contributed by atoms with Gasteiger partial charge in [-0.2, -0.15) is 0 Å². The first kappa shape index (κ1) is 11.2. The maximum absolute atomic E-state index is 14.2. The molecule has 1 aromatic carbocycles. The number of para-hydroxylation sites is 2. The van der Waals surface area contributed by atoms with Crippen LogP contribution in [0.15, 0.2) is 24.3 Å². The summed E-state index contributed by atoms with van der Waals surface area (Å²) < 4.78 is 14.2. The van der Waals surface area contributed by atoms with E-state index in [0.29, 0.717) is 18.7 Å². The van der Waals surface area contributed by atoms with Crippen molar-refractivity contribution >= 4 is 5.69 Å². The van der Waals surface area contributed by atoms with Crippen molar-refractivity contribution in [1.29, 1.82) is 0 Å². The van der Waals surface area contributed by atoms with Crippen LogP contribution in [0.4, 0.5) is 10.1 Å². The minimum atomic E-state index is -1.21. The van der Waals surface area contributed by atoms with E-state index in [1.807, 2.05) is 6.07 Å². The molecule has 0 radical (unpaired) electrons. The molecule has 1 fully saturated rings. The predicted molar refractivity (Wildman–Crippen MR) is 62.5 cm³/mol. The van der Waals surface area contributed by atoms with Crippen molar-refractivity contribution in [3.63, 3.8) is 0 Å². The van der Waals surface area contributed by atoms with Gasteiger partial charge in [0.15, 0.2) is 0 Å². The van der Waals surface area contributed by atoms with Crippen molar-refractivity contribution in [3.8, 4) is 5.75 Å². The Bertz CT molecular complexity index is 351. The first-order valence-electron chi connectivity index (χ1n) is 5.61. The molecule has 1 saturated heterocycles. The van der Waals surface area contributed by atoms with Gasteiger partial charge in [0.25, 0.3) is 0 Å². The predicted octanol–water partition coefficient (Wildman–Crippen LogP) is 1.90. The Kier molecular flexibility index (Phi) is 3.29. The summed E-state index contributed by atoms with van der Waals surface area (Å²) in [6, 6.07) is 6.89. The van der Waals surface area contributed by atoms with Crippen LogP contribution in [0.2, 0.25) is 0 Å². The van der Waals surface area contributed by atoms with Crippen LogP contribution in [-0.4, -0.2) is 30.4 Å². The fraction of sp³-hybridized carbons (Fsp3) is 0.500. The van der Waals surface area contributed by atoms with Crippen molar-refractivity contribution in [1.82, 2.24) is 5.32 Å². The van der Waals surface area contributed by atoms with Gasteiger partial charge in [0.05, 0.1) is 12.2 Å². The number of halogens is 1. The first-order valence-corrected chi connectivity index (χ1v) is 5.61. The second-order valence-corrected chi connectivity index (χ2v) is 4.30. The Hall–Kier alpha value is -1.29. The number of aromatic hydroxyl groups is 1. The summed E-state index contributed by atoms with van der Waals surface area (Å²) in [6.45, 7) is 1.51. The number of benzene rings is 1. The maximum atomic E-state index is 14.2. The molecule has 1 heterocycles. The Morgan fingerprint density at radius 1 is 1.44 bits per heavy atom. The van der Waals surface area contributed by atoms with Gasteiger partial charge in [-0.1, -0.05) is 12.1 Å². The molecule has 0 aliphatic carbocycles. The second kappa shape index (κ2) is 4.70. The van der Waals surface area contributed by atoms with Gasteiger partial charge in [-0.25, -0.2) is 4.39 Å². The number of anilines is 1. The van der Waals surface area contributed by atoms with Gasteiger partial charge in [0.1, 0.15) is 11.4 Å². The van der Waals surface area contributed by atoms with Crippen molar-refractivity contribution in [2.75, 3.05) is 25.0 Å². The zero-order chi connectivity index (χ0) is 11.4. The topological polar surface area (TPSA) is 44.3 Å². The summed E-state index contributed by atoms with van der Waals surface area (Å²) in [4.78, 5) is 0. The number of rotatable bonds is 3. The molecule has 1 aromatic rings. The van der Waals surface area contributed by atoms with Crippen LogP contribution in [-0.2, 0) is 0 Å². The maximum Gasteiger partial charge on any atom is 0.140 e. The lowest BCUT2D eigenvalue weighted by molar-refractivity contribution is 0.137. The molecule has 1 unspecified atom stereocenters. The fourth-order valence-electron chi connectivity index (χ4n) is 1.96. The minimum absolute atomic E-state index is 0.162. The van der Waals surface area contributed by atoms with Crippen molar-refractivity contribution in [2.45, 2.75) is 18.5 Å². The lowest BCUT2D eigenvalue weighted by Crippen LogP contribution is -2.46. The van der Waals surface area contributed by atoms with Crippen molar-refractivity contribution < 1.29 is 9.50 Å². The lowest BCUT2D eigenvalue weighted by Gasteiger charge is -2.30. The summed E-state index contributed by atoms with van der Waals surface area (Å²) >= 11 is 0. The van der Waals surface area contributed by atoms with Gasteiger partial charge >= 0.3 is 0 Å². The number of piperidine rings is 1. The number of hydrogen-bond acceptors (Lipinski definition) is 3.